The van der Waals surface area contributed by atoms with Crippen LogP contribution in [-0.4, -0.2) is 30.5 Å². The van der Waals surface area contributed by atoms with Crippen LogP contribution >= 0.6 is 22.9 Å². The van der Waals surface area contributed by atoms with E-state index in [1.54, 1.807) is 0 Å². The number of thiophene rings is 1. The highest BCUT2D eigenvalue weighted by molar-refractivity contribution is 7.10. The molecule has 0 radical (unpaired) electrons. The summed E-state index contributed by atoms with van der Waals surface area (Å²) in [5, 5.41) is 13.1. The molecular formula is C14H19ClO3S. The summed E-state index contributed by atoms with van der Waals surface area (Å²) in [4.78, 5) is 0.971. The molecule has 0 aliphatic carbocycles. The first-order chi connectivity index (χ1) is 9.19. The molecule has 0 amide bonds. The quantitative estimate of drug-likeness (QED) is 0.910. The van der Waals surface area contributed by atoms with Crippen LogP contribution in [0.4, 0.5) is 0 Å². The number of rotatable bonds is 2. The fourth-order valence-electron chi connectivity index (χ4n) is 3.14. The monoisotopic (exact) mass is 302 g/mol. The van der Waals surface area contributed by atoms with Gasteiger partial charge in [0.1, 0.15) is 0 Å². The molecule has 106 valence electrons. The van der Waals surface area contributed by atoms with Crippen molar-refractivity contribution in [3.8, 4) is 0 Å². The average Bonchev–Trinajstić information content (AvgIpc) is 2.85. The maximum Gasteiger partial charge on any atom is 0.0912 e. The van der Waals surface area contributed by atoms with Gasteiger partial charge in [-0.1, -0.05) is 11.6 Å². The Morgan fingerprint density at radius 1 is 1.37 bits per heavy atom. The third-order valence-electron chi connectivity index (χ3n) is 4.26. The number of halogens is 1. The summed E-state index contributed by atoms with van der Waals surface area (Å²) in [6.07, 6.45) is 3.32. The molecule has 1 aromatic rings. The van der Waals surface area contributed by atoms with Crippen LogP contribution in [0, 0.1) is 5.92 Å². The van der Waals surface area contributed by atoms with E-state index in [0.717, 1.165) is 50.4 Å². The first kappa shape index (κ1) is 13.8. The largest absolute Gasteiger partial charge is 0.387 e. The number of aliphatic hydroxyl groups excluding tert-OH is 1. The Balaban J connectivity index is 1.70. The number of ether oxygens (including phenoxy) is 2. The molecule has 2 saturated heterocycles. The van der Waals surface area contributed by atoms with Crippen LogP contribution in [0.2, 0.25) is 5.02 Å². The summed E-state index contributed by atoms with van der Waals surface area (Å²) in [5.74, 6) is 0.265. The molecule has 0 bridgehead atoms. The number of aliphatic hydroxyl groups is 1. The molecule has 3 nitrogen and oxygen atoms in total. The van der Waals surface area contributed by atoms with E-state index in [4.69, 9.17) is 21.1 Å². The predicted molar refractivity (Wildman–Crippen MR) is 75.7 cm³/mol. The second-order valence-electron chi connectivity index (χ2n) is 5.51. The predicted octanol–water partition coefficient (Wildman–Crippen LogP) is 3.41. The zero-order valence-electron chi connectivity index (χ0n) is 10.8. The van der Waals surface area contributed by atoms with Crippen molar-refractivity contribution in [1.29, 1.82) is 0 Å². The average molecular weight is 303 g/mol. The van der Waals surface area contributed by atoms with Crippen LogP contribution < -0.4 is 0 Å². The highest BCUT2D eigenvalue weighted by Gasteiger charge is 2.41. The highest BCUT2D eigenvalue weighted by atomic mass is 35.5. The van der Waals surface area contributed by atoms with E-state index in [2.05, 4.69) is 0 Å². The van der Waals surface area contributed by atoms with E-state index in [9.17, 15) is 5.11 Å². The van der Waals surface area contributed by atoms with Crippen LogP contribution in [0.25, 0.3) is 0 Å². The SMILES string of the molecule is OC(c1cc(Cl)cs1)C1CCOC2(CCOCC2)C1. The third kappa shape index (κ3) is 2.98. The van der Waals surface area contributed by atoms with Gasteiger partial charge in [0, 0.05) is 30.1 Å². The second-order valence-corrected chi connectivity index (χ2v) is 6.89. The Labute approximate surface area is 122 Å². The van der Waals surface area contributed by atoms with Gasteiger partial charge in [0.05, 0.1) is 16.7 Å². The molecular weight excluding hydrogens is 284 g/mol. The molecule has 0 saturated carbocycles. The van der Waals surface area contributed by atoms with Crippen molar-refractivity contribution in [1.82, 2.24) is 0 Å². The van der Waals surface area contributed by atoms with Gasteiger partial charge in [-0.25, -0.2) is 0 Å². The van der Waals surface area contributed by atoms with E-state index < -0.39 is 6.10 Å². The van der Waals surface area contributed by atoms with Crippen molar-refractivity contribution in [3.05, 3.63) is 21.3 Å². The molecule has 2 atom stereocenters. The maximum atomic E-state index is 10.5. The lowest BCUT2D eigenvalue weighted by Crippen LogP contribution is -2.45. The molecule has 5 heteroatoms. The Bertz CT molecular complexity index is 423. The van der Waals surface area contributed by atoms with Crippen molar-refractivity contribution in [2.75, 3.05) is 19.8 Å². The second kappa shape index (κ2) is 5.70. The Kier molecular flexibility index (Phi) is 4.15. The van der Waals surface area contributed by atoms with E-state index in [1.165, 1.54) is 11.3 Å². The molecule has 3 rings (SSSR count). The van der Waals surface area contributed by atoms with Gasteiger partial charge in [-0.05, 0) is 37.7 Å². The minimum Gasteiger partial charge on any atom is -0.387 e. The van der Waals surface area contributed by atoms with Crippen molar-refractivity contribution in [2.24, 2.45) is 5.92 Å². The molecule has 1 spiro atoms. The zero-order valence-corrected chi connectivity index (χ0v) is 12.4. The van der Waals surface area contributed by atoms with Gasteiger partial charge in [-0.3, -0.25) is 0 Å². The fourth-order valence-corrected chi connectivity index (χ4v) is 4.30. The van der Waals surface area contributed by atoms with E-state index in [-0.39, 0.29) is 11.5 Å². The fraction of sp³-hybridized carbons (Fsp3) is 0.714. The minimum atomic E-state index is -0.416. The maximum absolute atomic E-state index is 10.5. The molecule has 2 aliphatic heterocycles. The van der Waals surface area contributed by atoms with Gasteiger partial charge in [0.15, 0.2) is 0 Å². The number of hydrogen-bond donors (Lipinski definition) is 1. The molecule has 2 unspecified atom stereocenters. The van der Waals surface area contributed by atoms with E-state index in [1.807, 2.05) is 11.4 Å². The van der Waals surface area contributed by atoms with E-state index >= 15 is 0 Å². The molecule has 3 heterocycles. The summed E-state index contributed by atoms with van der Waals surface area (Å²) < 4.78 is 11.4. The Hall–Kier alpha value is -0.130. The molecule has 1 aromatic heterocycles. The first-order valence-electron chi connectivity index (χ1n) is 6.82. The summed E-state index contributed by atoms with van der Waals surface area (Å²) in [6.45, 7) is 2.28. The van der Waals surface area contributed by atoms with Crippen molar-refractivity contribution in [2.45, 2.75) is 37.4 Å². The molecule has 2 aliphatic rings. The summed E-state index contributed by atoms with van der Waals surface area (Å²) >= 11 is 7.48. The van der Waals surface area contributed by atoms with Gasteiger partial charge in [0.25, 0.3) is 0 Å². The van der Waals surface area contributed by atoms with Gasteiger partial charge in [0.2, 0.25) is 0 Å². The van der Waals surface area contributed by atoms with Crippen LogP contribution in [0.1, 0.15) is 36.7 Å². The summed E-state index contributed by atoms with van der Waals surface area (Å²) in [5.41, 5.74) is -0.0663. The third-order valence-corrected chi connectivity index (χ3v) is 5.61. The topological polar surface area (TPSA) is 38.7 Å². The van der Waals surface area contributed by atoms with Gasteiger partial charge in [-0.2, -0.15) is 0 Å². The van der Waals surface area contributed by atoms with Gasteiger partial charge < -0.3 is 14.6 Å². The van der Waals surface area contributed by atoms with Crippen LogP contribution in [0.15, 0.2) is 11.4 Å². The van der Waals surface area contributed by atoms with Crippen molar-refractivity contribution in [3.63, 3.8) is 0 Å². The Morgan fingerprint density at radius 3 is 2.84 bits per heavy atom. The van der Waals surface area contributed by atoms with Crippen molar-refractivity contribution >= 4 is 22.9 Å². The lowest BCUT2D eigenvalue weighted by atomic mass is 9.78. The summed E-state index contributed by atoms with van der Waals surface area (Å²) in [6, 6.07) is 1.88. The van der Waals surface area contributed by atoms with E-state index in [0.29, 0.717) is 5.02 Å². The lowest BCUT2D eigenvalue weighted by molar-refractivity contribution is -0.158. The smallest absolute Gasteiger partial charge is 0.0912 e. The molecule has 19 heavy (non-hydrogen) atoms. The standard InChI is InChI=1S/C14H19ClO3S/c15-11-7-12(19-9-11)13(16)10-1-4-18-14(8-10)2-5-17-6-3-14/h7,9-10,13,16H,1-6,8H2. The van der Waals surface area contributed by atoms with Crippen LogP contribution in [-0.2, 0) is 9.47 Å². The minimum absolute atomic E-state index is 0.0663. The normalized spacial score (nSPS) is 28.4. The van der Waals surface area contributed by atoms with Gasteiger partial charge >= 0.3 is 0 Å². The number of hydrogen-bond acceptors (Lipinski definition) is 4. The summed E-state index contributed by atoms with van der Waals surface area (Å²) in [7, 11) is 0. The molecule has 1 N–H and O–H groups in total. The van der Waals surface area contributed by atoms with Crippen molar-refractivity contribution < 1.29 is 14.6 Å². The lowest BCUT2D eigenvalue weighted by Gasteiger charge is -2.44. The van der Waals surface area contributed by atoms with Crippen LogP contribution in [0.5, 0.6) is 0 Å². The zero-order chi connectivity index (χ0) is 13.3. The molecule has 0 aromatic carbocycles. The Morgan fingerprint density at radius 2 is 2.16 bits per heavy atom. The molecule has 2 fully saturated rings. The van der Waals surface area contributed by atoms with Crippen LogP contribution in [0.3, 0.4) is 0 Å². The van der Waals surface area contributed by atoms with Gasteiger partial charge in [-0.15, -0.1) is 11.3 Å². The highest BCUT2D eigenvalue weighted by Crippen LogP contribution is 2.43. The first-order valence-corrected chi connectivity index (χ1v) is 8.08.